The van der Waals surface area contributed by atoms with Crippen LogP contribution in [0.2, 0.25) is 0 Å². The van der Waals surface area contributed by atoms with Gasteiger partial charge in [-0.3, -0.25) is 4.98 Å². The maximum Gasteiger partial charge on any atom is 0.127 e. The summed E-state index contributed by atoms with van der Waals surface area (Å²) in [6, 6.07) is 2.04. The zero-order chi connectivity index (χ0) is 14.1. The molecule has 0 N–H and O–H groups in total. The second-order valence-electron chi connectivity index (χ2n) is 5.81. The van der Waals surface area contributed by atoms with Gasteiger partial charge in [0, 0.05) is 12.7 Å². The highest BCUT2D eigenvalue weighted by Gasteiger charge is 2.21. The van der Waals surface area contributed by atoms with Gasteiger partial charge in [-0.15, -0.1) is 11.6 Å². The number of likely N-dealkylation sites (tertiary alicyclic amines) is 1. The van der Waals surface area contributed by atoms with E-state index in [0.29, 0.717) is 5.92 Å². The molecule has 1 saturated heterocycles. The molecule has 0 bridgehead atoms. The van der Waals surface area contributed by atoms with Crippen LogP contribution < -0.4 is 0 Å². The molecule has 1 fully saturated rings. The molecule has 5 heteroatoms. The van der Waals surface area contributed by atoms with Crippen LogP contribution in [0.4, 0.5) is 0 Å². The summed E-state index contributed by atoms with van der Waals surface area (Å²) >= 11 is 6.31. The summed E-state index contributed by atoms with van der Waals surface area (Å²) in [6.45, 7) is 5.37. The minimum absolute atomic E-state index is 0.0753. The Kier molecular flexibility index (Phi) is 3.94. The summed E-state index contributed by atoms with van der Waals surface area (Å²) < 4.78 is 2.30. The van der Waals surface area contributed by atoms with E-state index in [2.05, 4.69) is 26.5 Å². The molecule has 20 heavy (non-hydrogen) atoms. The lowest BCUT2D eigenvalue weighted by molar-refractivity contribution is 0.205. The van der Waals surface area contributed by atoms with E-state index in [4.69, 9.17) is 11.6 Å². The fraction of sp³-hybridized carbons (Fsp3) is 0.600. The van der Waals surface area contributed by atoms with Crippen LogP contribution in [0, 0.1) is 5.92 Å². The fourth-order valence-corrected chi connectivity index (χ4v) is 3.17. The van der Waals surface area contributed by atoms with Gasteiger partial charge in [0.1, 0.15) is 11.3 Å². The van der Waals surface area contributed by atoms with Gasteiger partial charge in [0.05, 0.1) is 17.1 Å². The molecule has 0 aromatic carbocycles. The molecule has 0 radical (unpaired) electrons. The van der Waals surface area contributed by atoms with Gasteiger partial charge >= 0.3 is 0 Å². The smallest absolute Gasteiger partial charge is 0.127 e. The van der Waals surface area contributed by atoms with Crippen LogP contribution in [0.15, 0.2) is 18.5 Å². The van der Waals surface area contributed by atoms with Crippen molar-refractivity contribution in [3.8, 4) is 0 Å². The quantitative estimate of drug-likeness (QED) is 0.815. The van der Waals surface area contributed by atoms with Gasteiger partial charge < -0.3 is 9.47 Å². The van der Waals surface area contributed by atoms with Crippen molar-refractivity contribution >= 4 is 22.6 Å². The van der Waals surface area contributed by atoms with Gasteiger partial charge in [-0.1, -0.05) is 0 Å². The molecule has 3 heterocycles. The number of nitrogens with zero attached hydrogens (tertiary/aromatic N) is 4. The topological polar surface area (TPSA) is 34.0 Å². The van der Waals surface area contributed by atoms with Crippen molar-refractivity contribution in [3.05, 3.63) is 24.3 Å². The summed E-state index contributed by atoms with van der Waals surface area (Å²) in [5.74, 6) is 1.68. The summed E-state index contributed by atoms with van der Waals surface area (Å²) in [5, 5.41) is -0.0753. The van der Waals surface area contributed by atoms with Gasteiger partial charge in [-0.05, 0) is 51.9 Å². The Morgan fingerprint density at radius 3 is 2.85 bits per heavy atom. The molecule has 4 nitrogen and oxygen atoms in total. The van der Waals surface area contributed by atoms with E-state index >= 15 is 0 Å². The molecule has 0 amide bonds. The third-order valence-electron chi connectivity index (χ3n) is 4.21. The van der Waals surface area contributed by atoms with Crippen molar-refractivity contribution in [3.63, 3.8) is 0 Å². The second-order valence-corrected chi connectivity index (χ2v) is 6.46. The van der Waals surface area contributed by atoms with Crippen molar-refractivity contribution < 1.29 is 0 Å². The Morgan fingerprint density at radius 1 is 1.40 bits per heavy atom. The molecule has 2 aromatic rings. The predicted molar refractivity (Wildman–Crippen MR) is 82.0 cm³/mol. The van der Waals surface area contributed by atoms with Gasteiger partial charge in [-0.2, -0.15) is 0 Å². The van der Waals surface area contributed by atoms with Crippen LogP contribution in [0.25, 0.3) is 11.0 Å². The average molecular weight is 293 g/mol. The van der Waals surface area contributed by atoms with E-state index in [0.717, 1.165) is 23.4 Å². The second kappa shape index (κ2) is 5.70. The van der Waals surface area contributed by atoms with E-state index in [9.17, 15) is 0 Å². The summed E-state index contributed by atoms with van der Waals surface area (Å²) in [5.41, 5.74) is 2.10. The Balaban J connectivity index is 1.91. The normalized spacial score (nSPS) is 19.6. The number of piperidine rings is 1. The molecular formula is C15H21ClN4. The first-order chi connectivity index (χ1) is 9.65. The minimum atomic E-state index is -0.0753. The number of hydrogen-bond acceptors (Lipinski definition) is 3. The van der Waals surface area contributed by atoms with E-state index in [-0.39, 0.29) is 5.38 Å². The molecule has 108 valence electrons. The first kappa shape index (κ1) is 13.8. The molecule has 2 aromatic heterocycles. The van der Waals surface area contributed by atoms with E-state index in [1.807, 2.05) is 25.4 Å². The lowest BCUT2D eigenvalue weighted by atomic mass is 9.97. The first-order valence-corrected chi connectivity index (χ1v) is 7.71. The highest BCUT2D eigenvalue weighted by molar-refractivity contribution is 6.20. The van der Waals surface area contributed by atoms with Crippen molar-refractivity contribution in [2.75, 3.05) is 20.1 Å². The van der Waals surface area contributed by atoms with Crippen LogP contribution in [-0.2, 0) is 6.54 Å². The van der Waals surface area contributed by atoms with Gasteiger partial charge in [0.25, 0.3) is 0 Å². The molecule has 1 aliphatic heterocycles. The van der Waals surface area contributed by atoms with Crippen molar-refractivity contribution in [2.24, 2.45) is 5.92 Å². The van der Waals surface area contributed by atoms with Crippen molar-refractivity contribution in [1.29, 1.82) is 0 Å². The Labute approximate surface area is 124 Å². The number of pyridine rings is 1. The number of alkyl halides is 1. The molecule has 1 unspecified atom stereocenters. The zero-order valence-electron chi connectivity index (χ0n) is 12.1. The summed E-state index contributed by atoms with van der Waals surface area (Å²) in [6.07, 6.45) is 6.15. The maximum absolute atomic E-state index is 6.31. The third-order valence-corrected chi connectivity index (χ3v) is 4.41. The van der Waals surface area contributed by atoms with Crippen LogP contribution in [0.1, 0.15) is 31.0 Å². The van der Waals surface area contributed by atoms with Crippen molar-refractivity contribution in [1.82, 2.24) is 19.4 Å². The molecule has 0 saturated carbocycles. The Hall–Kier alpha value is -1.13. The Morgan fingerprint density at radius 2 is 2.15 bits per heavy atom. The SMILES string of the molecule is CC(Cl)c1nc2cnccc2n1CC1CCN(C)CC1. The number of imidazole rings is 1. The van der Waals surface area contributed by atoms with E-state index in [1.54, 1.807) is 0 Å². The molecule has 1 aliphatic rings. The van der Waals surface area contributed by atoms with Crippen LogP contribution >= 0.6 is 11.6 Å². The van der Waals surface area contributed by atoms with E-state index < -0.39 is 0 Å². The standard InChI is InChI=1S/C15H21ClN4/c1-11(16)15-18-13-9-17-6-3-14(13)20(15)10-12-4-7-19(2)8-5-12/h3,6,9,11-12H,4-5,7-8,10H2,1-2H3. The summed E-state index contributed by atoms with van der Waals surface area (Å²) in [4.78, 5) is 11.2. The van der Waals surface area contributed by atoms with Crippen LogP contribution in [0.3, 0.4) is 0 Å². The third kappa shape index (κ3) is 2.67. The van der Waals surface area contributed by atoms with Gasteiger partial charge in [0.2, 0.25) is 0 Å². The summed E-state index contributed by atoms with van der Waals surface area (Å²) in [7, 11) is 2.20. The van der Waals surface area contributed by atoms with Crippen LogP contribution in [-0.4, -0.2) is 39.6 Å². The number of rotatable bonds is 3. The minimum Gasteiger partial charge on any atom is -0.326 e. The number of hydrogen-bond donors (Lipinski definition) is 0. The average Bonchev–Trinajstić information content (AvgIpc) is 2.81. The van der Waals surface area contributed by atoms with Crippen molar-refractivity contribution in [2.45, 2.75) is 31.7 Å². The molecule has 0 spiro atoms. The monoisotopic (exact) mass is 292 g/mol. The van der Waals surface area contributed by atoms with Gasteiger partial charge in [-0.25, -0.2) is 4.98 Å². The van der Waals surface area contributed by atoms with E-state index in [1.165, 1.54) is 25.9 Å². The Bertz CT molecular complexity index is 585. The lowest BCUT2D eigenvalue weighted by Gasteiger charge is -2.29. The molecule has 1 atom stereocenters. The predicted octanol–water partition coefficient (Wildman–Crippen LogP) is 3.07. The first-order valence-electron chi connectivity index (χ1n) is 7.28. The maximum atomic E-state index is 6.31. The number of halogens is 1. The molecule has 3 rings (SSSR count). The van der Waals surface area contributed by atoms with Gasteiger partial charge in [0.15, 0.2) is 0 Å². The fourth-order valence-electron chi connectivity index (χ4n) is 3.00. The molecular weight excluding hydrogens is 272 g/mol. The highest BCUT2D eigenvalue weighted by Crippen LogP contribution is 2.27. The lowest BCUT2D eigenvalue weighted by Crippen LogP contribution is -2.32. The number of fused-ring (bicyclic) bond motifs is 1. The molecule has 0 aliphatic carbocycles. The highest BCUT2D eigenvalue weighted by atomic mass is 35.5. The zero-order valence-corrected chi connectivity index (χ0v) is 12.8. The number of aromatic nitrogens is 3. The van der Waals surface area contributed by atoms with Crippen LogP contribution in [0.5, 0.6) is 0 Å². The largest absolute Gasteiger partial charge is 0.326 e.